The van der Waals surface area contributed by atoms with Gasteiger partial charge in [0.15, 0.2) is 11.5 Å². The first-order valence-electron chi connectivity index (χ1n) is 7.29. The topological polar surface area (TPSA) is 103 Å². The molecule has 0 saturated heterocycles. The molecule has 22 heavy (non-hydrogen) atoms. The van der Waals surface area contributed by atoms with Crippen molar-refractivity contribution in [1.82, 2.24) is 5.32 Å². The van der Waals surface area contributed by atoms with Crippen LogP contribution in [0, 0.1) is 0 Å². The van der Waals surface area contributed by atoms with Gasteiger partial charge in [-0.25, -0.2) is 0 Å². The van der Waals surface area contributed by atoms with Gasteiger partial charge in [-0.1, -0.05) is 6.42 Å². The SMILES string of the molecule is CC(=O)NCCCCCC(=O)Nc1cc2c(cc1N)OCO2. The number of amides is 2. The van der Waals surface area contributed by atoms with Crippen LogP contribution in [0.3, 0.4) is 0 Å². The summed E-state index contributed by atoms with van der Waals surface area (Å²) in [6.07, 6.45) is 2.91. The van der Waals surface area contributed by atoms with Crippen molar-refractivity contribution in [1.29, 1.82) is 0 Å². The van der Waals surface area contributed by atoms with Crippen LogP contribution in [0.1, 0.15) is 32.6 Å². The molecule has 1 aromatic carbocycles. The molecule has 0 unspecified atom stereocenters. The molecule has 0 bridgehead atoms. The van der Waals surface area contributed by atoms with Crippen LogP contribution in [0.4, 0.5) is 11.4 Å². The maximum Gasteiger partial charge on any atom is 0.231 e. The van der Waals surface area contributed by atoms with Crippen molar-refractivity contribution in [3.63, 3.8) is 0 Å². The molecule has 0 spiro atoms. The quantitative estimate of drug-likeness (QED) is 0.525. The summed E-state index contributed by atoms with van der Waals surface area (Å²) in [5.74, 6) is 1.05. The first-order valence-corrected chi connectivity index (χ1v) is 7.29. The van der Waals surface area contributed by atoms with Crippen molar-refractivity contribution < 1.29 is 19.1 Å². The number of unbranched alkanes of at least 4 members (excludes halogenated alkanes) is 2. The maximum atomic E-state index is 11.9. The predicted octanol–water partition coefficient (Wildman–Crippen LogP) is 1.63. The van der Waals surface area contributed by atoms with Crippen LogP contribution in [0.5, 0.6) is 11.5 Å². The average molecular weight is 307 g/mol. The molecule has 4 N–H and O–H groups in total. The first-order chi connectivity index (χ1) is 10.6. The summed E-state index contributed by atoms with van der Waals surface area (Å²) in [4.78, 5) is 22.6. The Morgan fingerprint density at radius 1 is 1.18 bits per heavy atom. The number of nitrogen functional groups attached to an aromatic ring is 1. The molecule has 120 valence electrons. The number of anilines is 2. The maximum absolute atomic E-state index is 11.9. The van der Waals surface area contributed by atoms with Gasteiger partial charge in [0.1, 0.15) is 0 Å². The number of benzene rings is 1. The third-order valence-electron chi connectivity index (χ3n) is 3.27. The molecule has 0 fully saturated rings. The molecule has 1 aliphatic heterocycles. The normalized spacial score (nSPS) is 12.0. The molecule has 0 aromatic heterocycles. The van der Waals surface area contributed by atoms with Crippen molar-refractivity contribution in [2.24, 2.45) is 0 Å². The molecule has 1 aliphatic rings. The van der Waals surface area contributed by atoms with Crippen LogP contribution in [0.25, 0.3) is 0 Å². The number of fused-ring (bicyclic) bond motifs is 1. The fourth-order valence-electron chi connectivity index (χ4n) is 2.13. The van der Waals surface area contributed by atoms with Gasteiger partial charge in [0, 0.05) is 32.0 Å². The molecular formula is C15H21N3O4. The molecule has 1 aromatic rings. The number of carbonyl (C=O) groups excluding carboxylic acids is 2. The third kappa shape index (κ3) is 4.54. The van der Waals surface area contributed by atoms with E-state index in [4.69, 9.17) is 15.2 Å². The van der Waals surface area contributed by atoms with E-state index in [-0.39, 0.29) is 18.6 Å². The second-order valence-electron chi connectivity index (χ2n) is 5.13. The highest BCUT2D eigenvalue weighted by Crippen LogP contribution is 2.38. The fraction of sp³-hybridized carbons (Fsp3) is 0.467. The summed E-state index contributed by atoms with van der Waals surface area (Å²) in [5.41, 5.74) is 6.86. The zero-order valence-electron chi connectivity index (χ0n) is 12.6. The lowest BCUT2D eigenvalue weighted by atomic mass is 10.1. The molecule has 2 amide bonds. The van der Waals surface area contributed by atoms with Crippen molar-refractivity contribution in [3.8, 4) is 11.5 Å². The number of carbonyl (C=O) groups is 2. The number of nitrogens with two attached hydrogens (primary N) is 1. The lowest BCUT2D eigenvalue weighted by Gasteiger charge is -2.09. The highest BCUT2D eigenvalue weighted by Gasteiger charge is 2.17. The van der Waals surface area contributed by atoms with E-state index in [9.17, 15) is 9.59 Å². The monoisotopic (exact) mass is 307 g/mol. The van der Waals surface area contributed by atoms with Crippen molar-refractivity contribution in [2.45, 2.75) is 32.6 Å². The summed E-state index contributed by atoms with van der Waals surface area (Å²) in [5, 5.41) is 5.50. The number of hydrogen-bond donors (Lipinski definition) is 3. The molecule has 7 heteroatoms. The van der Waals surface area contributed by atoms with Gasteiger partial charge in [0.05, 0.1) is 11.4 Å². The molecule has 0 aliphatic carbocycles. The number of ether oxygens (including phenoxy) is 2. The minimum Gasteiger partial charge on any atom is -0.454 e. The summed E-state index contributed by atoms with van der Waals surface area (Å²) in [6.45, 7) is 2.30. The zero-order valence-corrected chi connectivity index (χ0v) is 12.6. The summed E-state index contributed by atoms with van der Waals surface area (Å²) in [6, 6.07) is 3.32. The second kappa shape index (κ2) is 7.53. The van der Waals surface area contributed by atoms with E-state index in [0.29, 0.717) is 35.8 Å². The molecule has 0 radical (unpaired) electrons. The van der Waals surface area contributed by atoms with Crippen LogP contribution in [-0.4, -0.2) is 25.2 Å². The molecule has 0 saturated carbocycles. The Morgan fingerprint density at radius 3 is 2.64 bits per heavy atom. The van der Waals surface area contributed by atoms with Crippen molar-refractivity contribution in [3.05, 3.63) is 12.1 Å². The Balaban J connectivity index is 1.72. The zero-order chi connectivity index (χ0) is 15.9. The Kier molecular flexibility index (Phi) is 5.46. The largest absolute Gasteiger partial charge is 0.454 e. The van der Waals surface area contributed by atoms with Gasteiger partial charge < -0.3 is 25.8 Å². The van der Waals surface area contributed by atoms with Crippen LogP contribution in [0.2, 0.25) is 0 Å². The van der Waals surface area contributed by atoms with Crippen molar-refractivity contribution >= 4 is 23.2 Å². The van der Waals surface area contributed by atoms with E-state index < -0.39 is 0 Å². The summed E-state index contributed by atoms with van der Waals surface area (Å²) >= 11 is 0. The fourth-order valence-corrected chi connectivity index (χ4v) is 2.13. The molecule has 1 heterocycles. The Labute approximate surface area is 129 Å². The Hall–Kier alpha value is -2.44. The molecule has 0 atom stereocenters. The minimum absolute atomic E-state index is 0.0315. The summed E-state index contributed by atoms with van der Waals surface area (Å²) in [7, 11) is 0. The Bertz CT molecular complexity index is 560. The first kappa shape index (κ1) is 15.9. The smallest absolute Gasteiger partial charge is 0.231 e. The highest BCUT2D eigenvalue weighted by molar-refractivity contribution is 5.94. The van der Waals surface area contributed by atoms with E-state index in [1.807, 2.05) is 0 Å². The van der Waals surface area contributed by atoms with Gasteiger partial charge in [0.25, 0.3) is 0 Å². The molecule has 7 nitrogen and oxygen atoms in total. The van der Waals surface area contributed by atoms with E-state index in [0.717, 1.165) is 19.3 Å². The molecular weight excluding hydrogens is 286 g/mol. The van der Waals surface area contributed by atoms with Gasteiger partial charge in [-0.3, -0.25) is 9.59 Å². The third-order valence-corrected chi connectivity index (χ3v) is 3.27. The Morgan fingerprint density at radius 2 is 1.91 bits per heavy atom. The van der Waals surface area contributed by atoms with Gasteiger partial charge >= 0.3 is 0 Å². The van der Waals surface area contributed by atoms with E-state index in [2.05, 4.69) is 10.6 Å². The van der Waals surface area contributed by atoms with E-state index in [1.165, 1.54) is 6.92 Å². The lowest BCUT2D eigenvalue weighted by Crippen LogP contribution is -2.20. The lowest BCUT2D eigenvalue weighted by molar-refractivity contribution is -0.119. The van der Waals surface area contributed by atoms with Gasteiger partial charge in [-0.15, -0.1) is 0 Å². The van der Waals surface area contributed by atoms with Crippen LogP contribution < -0.4 is 25.8 Å². The number of rotatable bonds is 7. The number of nitrogens with one attached hydrogen (secondary N) is 2. The molecule has 2 rings (SSSR count). The second-order valence-corrected chi connectivity index (χ2v) is 5.13. The highest BCUT2D eigenvalue weighted by atomic mass is 16.7. The minimum atomic E-state index is -0.0925. The van der Waals surface area contributed by atoms with Gasteiger partial charge in [0.2, 0.25) is 18.6 Å². The van der Waals surface area contributed by atoms with Gasteiger partial charge in [-0.2, -0.15) is 0 Å². The standard InChI is InChI=1S/C15H21N3O4/c1-10(19)17-6-4-2-3-5-15(20)18-12-8-14-13(7-11(12)16)21-9-22-14/h7-8H,2-6,9,16H2,1H3,(H,17,19)(H,18,20). The van der Waals surface area contributed by atoms with E-state index in [1.54, 1.807) is 12.1 Å². The average Bonchev–Trinajstić information content (AvgIpc) is 2.89. The van der Waals surface area contributed by atoms with Gasteiger partial charge in [-0.05, 0) is 12.8 Å². The number of hydrogen-bond acceptors (Lipinski definition) is 5. The van der Waals surface area contributed by atoms with Crippen LogP contribution >= 0.6 is 0 Å². The summed E-state index contributed by atoms with van der Waals surface area (Å²) < 4.78 is 10.5. The predicted molar refractivity (Wildman–Crippen MR) is 82.8 cm³/mol. The van der Waals surface area contributed by atoms with Crippen molar-refractivity contribution in [2.75, 3.05) is 24.4 Å². The van der Waals surface area contributed by atoms with E-state index >= 15 is 0 Å². The van der Waals surface area contributed by atoms with Crippen LogP contribution in [0.15, 0.2) is 12.1 Å². The van der Waals surface area contributed by atoms with Crippen LogP contribution in [-0.2, 0) is 9.59 Å².